The number of ether oxygens (including phenoxy) is 2. The first-order valence-corrected chi connectivity index (χ1v) is 13.7. The average molecular weight is 568 g/mol. The Labute approximate surface area is 238 Å². The van der Waals surface area contributed by atoms with Crippen molar-refractivity contribution < 1.29 is 29.0 Å². The first kappa shape index (κ1) is 30.6. The molecule has 4 N–H and O–H groups in total. The van der Waals surface area contributed by atoms with Crippen LogP contribution >= 0.6 is 11.3 Å². The number of aryl methyl sites for hydroxylation is 3. The highest BCUT2D eigenvalue weighted by Crippen LogP contribution is 2.36. The molecule has 1 unspecified atom stereocenters. The molecule has 0 aliphatic rings. The van der Waals surface area contributed by atoms with Gasteiger partial charge in [0.25, 0.3) is 5.91 Å². The van der Waals surface area contributed by atoms with Gasteiger partial charge in [0.2, 0.25) is 0 Å². The molecule has 3 amide bonds. The van der Waals surface area contributed by atoms with E-state index in [4.69, 9.17) is 9.47 Å². The van der Waals surface area contributed by atoms with Crippen molar-refractivity contribution in [2.75, 3.05) is 17.7 Å². The lowest BCUT2D eigenvalue weighted by Crippen LogP contribution is -2.50. The van der Waals surface area contributed by atoms with E-state index in [-0.39, 0.29) is 10.6 Å². The summed E-state index contributed by atoms with van der Waals surface area (Å²) in [6, 6.07) is 11.1. The number of carboxylic acid groups (broad SMARTS) is 1. The van der Waals surface area contributed by atoms with E-state index in [9.17, 15) is 19.5 Å². The predicted octanol–water partition coefficient (Wildman–Crippen LogP) is 6.38. The van der Waals surface area contributed by atoms with Crippen LogP contribution in [0.4, 0.5) is 16.2 Å². The lowest BCUT2D eigenvalue weighted by Gasteiger charge is -2.29. The van der Waals surface area contributed by atoms with E-state index in [0.717, 1.165) is 33.6 Å². The number of benzene rings is 2. The van der Waals surface area contributed by atoms with Gasteiger partial charge in [0.15, 0.2) is 6.04 Å². The molecule has 2 atom stereocenters. The number of amides is 3. The minimum atomic E-state index is -1.31. The van der Waals surface area contributed by atoms with Gasteiger partial charge in [-0.2, -0.15) is 0 Å². The third-order valence-corrected chi connectivity index (χ3v) is 7.22. The Bertz CT molecular complexity index is 1370. The molecule has 0 bridgehead atoms. The normalized spacial score (nSPS) is 12.8. The number of carbonyl (C=O) groups is 3. The highest BCUT2D eigenvalue weighted by molar-refractivity contribution is 7.18. The fourth-order valence-electron chi connectivity index (χ4n) is 4.41. The molecule has 1 aromatic heterocycles. The van der Waals surface area contributed by atoms with Crippen molar-refractivity contribution in [3.63, 3.8) is 0 Å². The summed E-state index contributed by atoms with van der Waals surface area (Å²) in [4.78, 5) is 39.5. The van der Waals surface area contributed by atoms with Gasteiger partial charge in [0.1, 0.15) is 10.6 Å². The highest BCUT2D eigenvalue weighted by atomic mass is 32.1. The zero-order chi connectivity index (χ0) is 29.8. The van der Waals surface area contributed by atoms with Crippen molar-refractivity contribution in [3.05, 3.63) is 64.0 Å². The average Bonchev–Trinajstić information content (AvgIpc) is 3.27. The Balaban J connectivity index is 1.94. The van der Waals surface area contributed by atoms with Gasteiger partial charge in [-0.05, 0) is 95.5 Å². The topological polar surface area (TPSA) is 126 Å². The molecule has 0 spiro atoms. The number of rotatable bonds is 9. The van der Waals surface area contributed by atoms with Crippen LogP contribution in [0.25, 0.3) is 10.4 Å². The molecule has 9 nitrogen and oxygen atoms in total. The molecule has 3 aromatic rings. The van der Waals surface area contributed by atoms with Gasteiger partial charge in [0.05, 0.1) is 24.5 Å². The van der Waals surface area contributed by atoms with Crippen molar-refractivity contribution in [3.8, 4) is 16.2 Å². The second-order valence-electron chi connectivity index (χ2n) is 10.7. The Morgan fingerprint density at radius 2 is 1.55 bits per heavy atom. The third-order valence-electron chi connectivity index (χ3n) is 6.04. The van der Waals surface area contributed by atoms with Gasteiger partial charge in [-0.3, -0.25) is 4.79 Å². The van der Waals surface area contributed by atoms with E-state index >= 15 is 0 Å². The van der Waals surface area contributed by atoms with Crippen LogP contribution in [0.5, 0.6) is 5.75 Å². The predicted molar refractivity (Wildman–Crippen MR) is 159 cm³/mol. The number of thiophene rings is 1. The number of hydrogen-bond acceptors (Lipinski definition) is 6. The van der Waals surface area contributed by atoms with Gasteiger partial charge < -0.3 is 30.5 Å². The van der Waals surface area contributed by atoms with Gasteiger partial charge in [-0.15, -0.1) is 11.3 Å². The lowest BCUT2D eigenvalue weighted by atomic mass is 10.1. The van der Waals surface area contributed by atoms with Crippen LogP contribution in [-0.4, -0.2) is 47.9 Å². The standard InChI is InChI=1S/C30H37N3O6S/c1-16-13-17(2)24(18(3)14-16)33-29(37)31-22-15-23(20-9-11-21(38-8)12-10-20)40-26(22)27(34)32-25(28(35)36)19(4)39-30(5,6)7/h9-15,19,25H,1-8H3,(H,32,34)(H,35,36)(H2,31,33,37)/t19?,25-/m0/s1. The van der Waals surface area contributed by atoms with E-state index in [1.165, 1.54) is 0 Å². The first-order valence-electron chi connectivity index (χ1n) is 12.8. The number of methoxy groups -OCH3 is 1. The summed E-state index contributed by atoms with van der Waals surface area (Å²) in [5, 5.41) is 18.1. The number of anilines is 2. The number of urea groups is 1. The molecule has 3 rings (SSSR count). The van der Waals surface area contributed by atoms with Gasteiger partial charge in [-0.25, -0.2) is 9.59 Å². The summed E-state index contributed by atoms with van der Waals surface area (Å²) in [7, 11) is 1.57. The summed E-state index contributed by atoms with van der Waals surface area (Å²) in [6.07, 6.45) is -0.810. The molecule has 0 saturated carbocycles. The fraction of sp³-hybridized carbons (Fsp3) is 0.367. The molecule has 0 saturated heterocycles. The van der Waals surface area contributed by atoms with Crippen LogP contribution in [-0.2, 0) is 9.53 Å². The van der Waals surface area contributed by atoms with Crippen LogP contribution in [0, 0.1) is 20.8 Å². The van der Waals surface area contributed by atoms with Crippen LogP contribution in [0.15, 0.2) is 42.5 Å². The van der Waals surface area contributed by atoms with Gasteiger partial charge >= 0.3 is 12.0 Å². The summed E-state index contributed by atoms with van der Waals surface area (Å²) >= 11 is 1.14. The number of carbonyl (C=O) groups excluding carboxylic acids is 2. The number of carboxylic acids is 1. The molecular formula is C30H37N3O6S. The molecule has 0 fully saturated rings. The molecule has 0 radical (unpaired) electrons. The summed E-state index contributed by atoms with van der Waals surface area (Å²) in [5.74, 6) is -1.19. The maximum atomic E-state index is 13.5. The van der Waals surface area contributed by atoms with Crippen molar-refractivity contribution in [1.82, 2.24) is 5.32 Å². The lowest BCUT2D eigenvalue weighted by molar-refractivity contribution is -0.146. The summed E-state index contributed by atoms with van der Waals surface area (Å²) in [6.45, 7) is 12.8. The monoisotopic (exact) mass is 567 g/mol. The zero-order valence-corrected chi connectivity index (χ0v) is 24.9. The van der Waals surface area contributed by atoms with Crippen molar-refractivity contribution in [2.45, 2.75) is 66.2 Å². The Kier molecular flexibility index (Phi) is 9.60. The quantitative estimate of drug-likeness (QED) is 0.238. The molecule has 40 heavy (non-hydrogen) atoms. The van der Waals surface area contributed by atoms with Gasteiger partial charge in [-0.1, -0.05) is 17.7 Å². The van der Waals surface area contributed by atoms with Gasteiger partial charge in [0, 0.05) is 10.6 Å². The van der Waals surface area contributed by atoms with E-state index in [0.29, 0.717) is 16.3 Å². The zero-order valence-electron chi connectivity index (χ0n) is 24.1. The van der Waals surface area contributed by atoms with E-state index in [1.54, 1.807) is 32.2 Å². The second kappa shape index (κ2) is 12.5. The number of hydrogen-bond donors (Lipinski definition) is 4. The largest absolute Gasteiger partial charge is 0.497 e. The van der Waals surface area contributed by atoms with E-state index < -0.39 is 35.7 Å². The Morgan fingerprint density at radius 3 is 2.08 bits per heavy atom. The maximum Gasteiger partial charge on any atom is 0.328 e. The van der Waals surface area contributed by atoms with Crippen molar-refractivity contribution >= 4 is 40.6 Å². The molecule has 2 aromatic carbocycles. The fourth-order valence-corrected chi connectivity index (χ4v) is 5.43. The van der Waals surface area contributed by atoms with E-state index in [1.807, 2.05) is 65.8 Å². The van der Waals surface area contributed by atoms with Crippen LogP contribution in [0.1, 0.15) is 54.1 Å². The molecule has 0 aliphatic carbocycles. The maximum absolute atomic E-state index is 13.5. The van der Waals surface area contributed by atoms with Crippen LogP contribution in [0.2, 0.25) is 0 Å². The summed E-state index contributed by atoms with van der Waals surface area (Å²) < 4.78 is 11.0. The second-order valence-corrected chi connectivity index (χ2v) is 11.7. The molecule has 10 heteroatoms. The molecule has 214 valence electrons. The van der Waals surface area contributed by atoms with Crippen LogP contribution in [0.3, 0.4) is 0 Å². The molecule has 0 aliphatic heterocycles. The SMILES string of the molecule is COc1ccc(-c2cc(NC(=O)Nc3c(C)cc(C)cc3C)c(C(=O)N[C@H](C(=O)O)C(C)OC(C)(C)C)s2)cc1. The smallest absolute Gasteiger partial charge is 0.328 e. The third kappa shape index (κ3) is 7.83. The van der Waals surface area contributed by atoms with E-state index in [2.05, 4.69) is 16.0 Å². The Morgan fingerprint density at radius 1 is 0.950 bits per heavy atom. The molecule has 1 heterocycles. The highest BCUT2D eigenvalue weighted by Gasteiger charge is 2.32. The van der Waals surface area contributed by atoms with Crippen molar-refractivity contribution in [2.24, 2.45) is 0 Å². The molecular weight excluding hydrogens is 530 g/mol. The number of aliphatic carboxylic acids is 1. The minimum Gasteiger partial charge on any atom is -0.497 e. The van der Waals surface area contributed by atoms with Crippen molar-refractivity contribution in [1.29, 1.82) is 0 Å². The van der Waals surface area contributed by atoms with Crippen LogP contribution < -0.4 is 20.7 Å². The minimum absolute atomic E-state index is 0.160. The summed E-state index contributed by atoms with van der Waals surface area (Å²) in [5.41, 5.74) is 4.02. The Hall–Kier alpha value is -3.89. The number of nitrogens with one attached hydrogen (secondary N) is 3. The first-order chi connectivity index (χ1) is 18.7.